The minimum atomic E-state index is -0.333. The van der Waals surface area contributed by atoms with Crippen molar-refractivity contribution in [2.75, 3.05) is 0 Å². The first-order valence-electron chi connectivity index (χ1n) is 4.18. The van der Waals surface area contributed by atoms with Crippen molar-refractivity contribution < 1.29 is 5.11 Å². The quantitative estimate of drug-likeness (QED) is 0.712. The largest absolute Gasteiger partial charge is 0.393 e. The van der Waals surface area contributed by atoms with Gasteiger partial charge in [0.15, 0.2) is 0 Å². The Balaban J connectivity index is 2.59. The van der Waals surface area contributed by atoms with Crippen LogP contribution < -0.4 is 5.73 Å². The maximum absolute atomic E-state index is 9.10. The van der Waals surface area contributed by atoms with Crippen LogP contribution >= 0.6 is 0 Å². The number of aliphatic hydroxyl groups is 1. The van der Waals surface area contributed by atoms with Gasteiger partial charge in [0.1, 0.15) is 0 Å². The highest BCUT2D eigenvalue weighted by atomic mass is 16.3. The van der Waals surface area contributed by atoms with E-state index in [1.54, 1.807) is 6.92 Å². The summed E-state index contributed by atoms with van der Waals surface area (Å²) in [5.74, 6) is 0. The summed E-state index contributed by atoms with van der Waals surface area (Å²) in [6, 6.07) is 9.78. The molecule has 1 rings (SSSR count). The van der Waals surface area contributed by atoms with Gasteiger partial charge in [-0.3, -0.25) is 0 Å². The molecule has 2 atom stereocenters. The van der Waals surface area contributed by atoms with E-state index in [-0.39, 0.29) is 12.1 Å². The number of rotatable bonds is 3. The Morgan fingerprint density at radius 2 is 1.92 bits per heavy atom. The Labute approximate surface area is 73.0 Å². The van der Waals surface area contributed by atoms with Crippen LogP contribution in [-0.2, 0) is 0 Å². The van der Waals surface area contributed by atoms with Gasteiger partial charge >= 0.3 is 0 Å². The molecule has 0 bridgehead atoms. The van der Waals surface area contributed by atoms with Gasteiger partial charge in [0, 0.05) is 6.04 Å². The van der Waals surface area contributed by atoms with Gasteiger partial charge < -0.3 is 10.8 Å². The van der Waals surface area contributed by atoms with Crippen LogP contribution in [-0.4, -0.2) is 11.2 Å². The van der Waals surface area contributed by atoms with Crippen molar-refractivity contribution in [2.45, 2.75) is 25.5 Å². The highest BCUT2D eigenvalue weighted by Gasteiger charge is 2.07. The molecule has 0 aliphatic carbocycles. The normalized spacial score (nSPS) is 15.6. The van der Waals surface area contributed by atoms with Gasteiger partial charge in [0.25, 0.3) is 0 Å². The van der Waals surface area contributed by atoms with E-state index >= 15 is 0 Å². The first-order valence-corrected chi connectivity index (χ1v) is 4.18. The van der Waals surface area contributed by atoms with Gasteiger partial charge in [0.2, 0.25) is 0 Å². The summed E-state index contributed by atoms with van der Waals surface area (Å²) in [4.78, 5) is 0. The Kier molecular flexibility index (Phi) is 3.26. The fourth-order valence-corrected chi connectivity index (χ4v) is 1.20. The summed E-state index contributed by atoms with van der Waals surface area (Å²) in [6.07, 6.45) is 0.282. The first-order chi connectivity index (χ1) is 5.70. The minimum Gasteiger partial charge on any atom is -0.393 e. The van der Waals surface area contributed by atoms with Crippen molar-refractivity contribution in [1.82, 2.24) is 0 Å². The fourth-order valence-electron chi connectivity index (χ4n) is 1.20. The minimum absolute atomic E-state index is 0.0498. The Morgan fingerprint density at radius 1 is 1.33 bits per heavy atom. The molecule has 0 unspecified atom stereocenters. The van der Waals surface area contributed by atoms with Crippen LogP contribution in [0.5, 0.6) is 0 Å². The molecule has 0 radical (unpaired) electrons. The number of benzene rings is 1. The second-order valence-corrected chi connectivity index (χ2v) is 3.10. The molecule has 0 amide bonds. The molecular weight excluding hydrogens is 150 g/mol. The van der Waals surface area contributed by atoms with Crippen LogP contribution in [0.25, 0.3) is 0 Å². The molecule has 0 heterocycles. The smallest absolute Gasteiger partial charge is 0.0530 e. The SMILES string of the molecule is C[C@@H](O)C[C@@H](N)c1ccccc1. The zero-order chi connectivity index (χ0) is 8.97. The van der Waals surface area contributed by atoms with Crippen molar-refractivity contribution in [3.05, 3.63) is 35.9 Å². The van der Waals surface area contributed by atoms with E-state index in [2.05, 4.69) is 0 Å². The molecule has 0 saturated carbocycles. The van der Waals surface area contributed by atoms with Gasteiger partial charge in [0.05, 0.1) is 6.10 Å². The average molecular weight is 165 g/mol. The van der Waals surface area contributed by atoms with Crippen LogP contribution in [0.4, 0.5) is 0 Å². The summed E-state index contributed by atoms with van der Waals surface area (Å²) in [6.45, 7) is 1.75. The van der Waals surface area contributed by atoms with Crippen molar-refractivity contribution in [3.63, 3.8) is 0 Å². The molecule has 2 nitrogen and oxygen atoms in total. The van der Waals surface area contributed by atoms with Crippen molar-refractivity contribution in [1.29, 1.82) is 0 Å². The van der Waals surface area contributed by atoms with Gasteiger partial charge in [-0.15, -0.1) is 0 Å². The summed E-state index contributed by atoms with van der Waals surface area (Å²) in [7, 11) is 0. The zero-order valence-corrected chi connectivity index (χ0v) is 7.27. The van der Waals surface area contributed by atoms with E-state index < -0.39 is 0 Å². The fraction of sp³-hybridized carbons (Fsp3) is 0.400. The standard InChI is InChI=1S/C10H15NO/c1-8(12)7-10(11)9-5-3-2-4-6-9/h2-6,8,10,12H,7,11H2,1H3/t8-,10-/m1/s1. The summed E-state index contributed by atoms with van der Waals surface area (Å²) < 4.78 is 0. The number of aliphatic hydroxyl groups excluding tert-OH is 1. The molecule has 0 spiro atoms. The van der Waals surface area contributed by atoms with Gasteiger partial charge in [-0.25, -0.2) is 0 Å². The number of nitrogens with two attached hydrogens (primary N) is 1. The molecule has 0 saturated heterocycles. The lowest BCUT2D eigenvalue weighted by Gasteiger charge is -2.13. The van der Waals surface area contributed by atoms with E-state index in [0.717, 1.165) is 5.56 Å². The number of hydrogen-bond donors (Lipinski definition) is 2. The van der Waals surface area contributed by atoms with Gasteiger partial charge in [-0.1, -0.05) is 30.3 Å². The molecular formula is C10H15NO. The molecule has 0 aliphatic rings. The Hall–Kier alpha value is -0.860. The van der Waals surface area contributed by atoms with Crippen molar-refractivity contribution in [2.24, 2.45) is 5.73 Å². The maximum atomic E-state index is 9.10. The monoisotopic (exact) mass is 165 g/mol. The molecule has 2 heteroatoms. The Bertz CT molecular complexity index is 221. The van der Waals surface area contributed by atoms with Gasteiger partial charge in [-0.05, 0) is 18.9 Å². The molecule has 0 aliphatic heterocycles. The predicted molar refractivity (Wildman–Crippen MR) is 49.7 cm³/mol. The average Bonchev–Trinajstić information content (AvgIpc) is 2.05. The molecule has 3 N–H and O–H groups in total. The molecule has 0 fully saturated rings. The topological polar surface area (TPSA) is 46.2 Å². The third kappa shape index (κ3) is 2.64. The lowest BCUT2D eigenvalue weighted by molar-refractivity contribution is 0.175. The van der Waals surface area contributed by atoms with Crippen LogP contribution in [0.2, 0.25) is 0 Å². The van der Waals surface area contributed by atoms with E-state index in [4.69, 9.17) is 10.8 Å². The second-order valence-electron chi connectivity index (χ2n) is 3.10. The second kappa shape index (κ2) is 4.24. The molecule has 1 aromatic rings. The highest BCUT2D eigenvalue weighted by molar-refractivity contribution is 5.18. The summed E-state index contributed by atoms with van der Waals surface area (Å²) >= 11 is 0. The first kappa shape index (κ1) is 9.23. The number of hydrogen-bond acceptors (Lipinski definition) is 2. The van der Waals surface area contributed by atoms with E-state index in [1.165, 1.54) is 0 Å². The van der Waals surface area contributed by atoms with Crippen LogP contribution in [0.15, 0.2) is 30.3 Å². The molecule has 66 valence electrons. The summed E-state index contributed by atoms with van der Waals surface area (Å²) in [5.41, 5.74) is 6.92. The third-order valence-electron chi connectivity index (χ3n) is 1.82. The van der Waals surface area contributed by atoms with E-state index in [9.17, 15) is 0 Å². The van der Waals surface area contributed by atoms with Crippen LogP contribution in [0, 0.1) is 0 Å². The van der Waals surface area contributed by atoms with E-state index in [1.807, 2.05) is 30.3 Å². The van der Waals surface area contributed by atoms with Crippen molar-refractivity contribution >= 4 is 0 Å². The molecule has 12 heavy (non-hydrogen) atoms. The zero-order valence-electron chi connectivity index (χ0n) is 7.27. The van der Waals surface area contributed by atoms with E-state index in [0.29, 0.717) is 6.42 Å². The van der Waals surface area contributed by atoms with Crippen molar-refractivity contribution in [3.8, 4) is 0 Å². The maximum Gasteiger partial charge on any atom is 0.0530 e. The molecule has 1 aromatic carbocycles. The highest BCUT2D eigenvalue weighted by Crippen LogP contribution is 2.14. The molecule has 0 aromatic heterocycles. The van der Waals surface area contributed by atoms with Crippen LogP contribution in [0.3, 0.4) is 0 Å². The summed E-state index contributed by atoms with van der Waals surface area (Å²) in [5, 5.41) is 9.10. The lowest BCUT2D eigenvalue weighted by atomic mass is 10.0. The van der Waals surface area contributed by atoms with Gasteiger partial charge in [-0.2, -0.15) is 0 Å². The third-order valence-corrected chi connectivity index (χ3v) is 1.82. The van der Waals surface area contributed by atoms with Crippen LogP contribution in [0.1, 0.15) is 24.9 Å². The predicted octanol–water partition coefficient (Wildman–Crippen LogP) is 1.46. The lowest BCUT2D eigenvalue weighted by Crippen LogP contribution is -2.16. The Morgan fingerprint density at radius 3 is 2.42 bits per heavy atom.